The first-order valence-electron chi connectivity index (χ1n) is 9.83. The normalized spacial score (nSPS) is 23.8. The predicted molar refractivity (Wildman–Crippen MR) is 113 cm³/mol. The van der Waals surface area contributed by atoms with Crippen LogP contribution in [0.4, 0.5) is 9.18 Å². The van der Waals surface area contributed by atoms with Crippen LogP contribution in [0.25, 0.3) is 0 Å². The van der Waals surface area contributed by atoms with E-state index in [1.54, 1.807) is 11.8 Å². The molecule has 2 aliphatic rings. The Morgan fingerprint density at radius 3 is 2.55 bits per heavy atom. The second kappa shape index (κ2) is 8.39. The number of imide groups is 1. The highest BCUT2D eigenvalue weighted by atomic mass is 79.9. The van der Waals surface area contributed by atoms with Crippen LogP contribution in [-0.2, 0) is 19.9 Å². The lowest BCUT2D eigenvalue weighted by atomic mass is 9.92. The summed E-state index contributed by atoms with van der Waals surface area (Å²) in [6.45, 7) is 2.25. The standard InChI is InChI=1S/C22H21BrFN3O4/c1-22(15-4-8-17(24)9-5-15)20(29)27(21(30)25-22)13-19(28)26-10-11-31-18(12-26)14-2-6-16(23)7-3-14/h2-9,18H,10-13H2,1H3,(H,25,30). The topological polar surface area (TPSA) is 79.0 Å². The highest BCUT2D eigenvalue weighted by Gasteiger charge is 2.49. The fourth-order valence-corrected chi connectivity index (χ4v) is 4.07. The van der Waals surface area contributed by atoms with E-state index in [2.05, 4.69) is 21.2 Å². The van der Waals surface area contributed by atoms with Gasteiger partial charge >= 0.3 is 6.03 Å². The highest BCUT2D eigenvalue weighted by Crippen LogP contribution is 2.29. The Labute approximate surface area is 187 Å². The molecule has 2 saturated heterocycles. The number of halogens is 2. The molecule has 2 aliphatic heterocycles. The van der Waals surface area contributed by atoms with Crippen LogP contribution in [0, 0.1) is 5.82 Å². The van der Waals surface area contributed by atoms with Crippen molar-refractivity contribution in [3.05, 3.63) is 69.9 Å². The van der Waals surface area contributed by atoms with Crippen LogP contribution < -0.4 is 5.32 Å². The Hall–Kier alpha value is -2.78. The molecular formula is C22H21BrFN3O4. The van der Waals surface area contributed by atoms with Gasteiger partial charge in [-0.3, -0.25) is 14.5 Å². The maximum Gasteiger partial charge on any atom is 0.325 e. The van der Waals surface area contributed by atoms with E-state index in [1.807, 2.05) is 24.3 Å². The van der Waals surface area contributed by atoms with Gasteiger partial charge in [0, 0.05) is 11.0 Å². The van der Waals surface area contributed by atoms with Crippen molar-refractivity contribution >= 4 is 33.8 Å². The van der Waals surface area contributed by atoms with Crippen LogP contribution in [0.3, 0.4) is 0 Å². The molecule has 0 radical (unpaired) electrons. The van der Waals surface area contributed by atoms with Crippen LogP contribution in [-0.4, -0.2) is 53.9 Å². The maximum atomic E-state index is 13.3. The molecule has 162 valence electrons. The average molecular weight is 490 g/mol. The molecule has 2 aromatic rings. The molecule has 2 heterocycles. The van der Waals surface area contributed by atoms with Gasteiger partial charge in [-0.05, 0) is 42.3 Å². The molecule has 0 bridgehead atoms. The first-order valence-corrected chi connectivity index (χ1v) is 10.6. The number of amides is 4. The van der Waals surface area contributed by atoms with Gasteiger partial charge in [0.15, 0.2) is 0 Å². The smallest absolute Gasteiger partial charge is 0.325 e. The third kappa shape index (κ3) is 4.20. The van der Waals surface area contributed by atoms with E-state index in [0.717, 1.165) is 14.9 Å². The zero-order valence-corrected chi connectivity index (χ0v) is 18.4. The zero-order valence-electron chi connectivity index (χ0n) is 16.8. The van der Waals surface area contributed by atoms with E-state index in [4.69, 9.17) is 4.74 Å². The number of hydrogen-bond donors (Lipinski definition) is 1. The summed E-state index contributed by atoms with van der Waals surface area (Å²) in [6, 6.07) is 12.4. The number of carbonyl (C=O) groups is 3. The molecule has 31 heavy (non-hydrogen) atoms. The summed E-state index contributed by atoms with van der Waals surface area (Å²) in [5.74, 6) is -1.32. The SMILES string of the molecule is CC1(c2ccc(F)cc2)NC(=O)N(CC(=O)N2CCOC(c3ccc(Br)cc3)C2)C1=O. The lowest BCUT2D eigenvalue weighted by molar-refractivity contribution is -0.143. The number of urea groups is 1. The Morgan fingerprint density at radius 2 is 1.87 bits per heavy atom. The Kier molecular flexibility index (Phi) is 5.81. The van der Waals surface area contributed by atoms with Crippen molar-refractivity contribution in [2.75, 3.05) is 26.2 Å². The van der Waals surface area contributed by atoms with E-state index >= 15 is 0 Å². The number of ether oxygens (including phenoxy) is 1. The quantitative estimate of drug-likeness (QED) is 0.669. The summed E-state index contributed by atoms with van der Waals surface area (Å²) in [4.78, 5) is 40.9. The van der Waals surface area contributed by atoms with Crippen LogP contribution in [0.15, 0.2) is 53.0 Å². The Bertz CT molecular complexity index is 1010. The Balaban J connectivity index is 1.45. The van der Waals surface area contributed by atoms with Crippen molar-refractivity contribution in [1.82, 2.24) is 15.1 Å². The summed E-state index contributed by atoms with van der Waals surface area (Å²) >= 11 is 3.39. The van der Waals surface area contributed by atoms with Gasteiger partial charge in [-0.1, -0.05) is 40.2 Å². The Morgan fingerprint density at radius 1 is 1.19 bits per heavy atom. The van der Waals surface area contributed by atoms with Crippen LogP contribution in [0.1, 0.15) is 24.2 Å². The number of morpholine rings is 1. The van der Waals surface area contributed by atoms with Gasteiger partial charge in [0.1, 0.15) is 24.0 Å². The van der Waals surface area contributed by atoms with Crippen molar-refractivity contribution in [2.45, 2.75) is 18.6 Å². The predicted octanol–water partition coefficient (Wildman–Crippen LogP) is 2.96. The van der Waals surface area contributed by atoms with Gasteiger partial charge in [-0.15, -0.1) is 0 Å². The number of nitrogens with zero attached hydrogens (tertiary/aromatic N) is 2. The van der Waals surface area contributed by atoms with Crippen LogP contribution >= 0.6 is 15.9 Å². The molecule has 2 unspecified atom stereocenters. The van der Waals surface area contributed by atoms with Gasteiger partial charge in [0.2, 0.25) is 5.91 Å². The van der Waals surface area contributed by atoms with Gasteiger partial charge in [-0.2, -0.15) is 0 Å². The third-order valence-electron chi connectivity index (χ3n) is 5.65. The largest absolute Gasteiger partial charge is 0.370 e. The minimum Gasteiger partial charge on any atom is -0.370 e. The summed E-state index contributed by atoms with van der Waals surface area (Å²) in [6.07, 6.45) is -0.279. The van der Waals surface area contributed by atoms with Crippen LogP contribution in [0.5, 0.6) is 0 Å². The molecule has 7 nitrogen and oxygen atoms in total. The molecule has 1 N–H and O–H groups in total. The van der Waals surface area contributed by atoms with Crippen molar-refractivity contribution in [3.63, 3.8) is 0 Å². The van der Waals surface area contributed by atoms with E-state index in [1.165, 1.54) is 24.3 Å². The number of nitrogens with one attached hydrogen (secondary N) is 1. The van der Waals surface area contributed by atoms with Crippen LogP contribution in [0.2, 0.25) is 0 Å². The molecule has 0 saturated carbocycles. The molecule has 9 heteroatoms. The minimum atomic E-state index is -1.35. The molecule has 4 rings (SSSR count). The summed E-state index contributed by atoms with van der Waals surface area (Å²) in [5, 5.41) is 2.63. The fraction of sp³-hybridized carbons (Fsp3) is 0.318. The van der Waals surface area contributed by atoms with Crippen molar-refractivity contribution in [2.24, 2.45) is 0 Å². The second-order valence-electron chi connectivity index (χ2n) is 7.70. The number of rotatable bonds is 4. The molecule has 2 aromatic carbocycles. The second-order valence-corrected chi connectivity index (χ2v) is 8.62. The van der Waals surface area contributed by atoms with Gasteiger partial charge in [0.25, 0.3) is 5.91 Å². The van der Waals surface area contributed by atoms with Crippen molar-refractivity contribution < 1.29 is 23.5 Å². The molecular weight excluding hydrogens is 469 g/mol. The van der Waals surface area contributed by atoms with E-state index in [9.17, 15) is 18.8 Å². The number of hydrogen-bond acceptors (Lipinski definition) is 4. The highest BCUT2D eigenvalue weighted by molar-refractivity contribution is 9.10. The first-order chi connectivity index (χ1) is 14.8. The van der Waals surface area contributed by atoms with E-state index < -0.39 is 23.3 Å². The monoisotopic (exact) mass is 489 g/mol. The van der Waals surface area contributed by atoms with Gasteiger partial charge in [-0.25, -0.2) is 9.18 Å². The van der Waals surface area contributed by atoms with Gasteiger partial charge in [0.05, 0.1) is 13.2 Å². The molecule has 2 fully saturated rings. The summed E-state index contributed by atoms with van der Waals surface area (Å²) in [7, 11) is 0. The number of carbonyl (C=O) groups excluding carboxylic acids is 3. The zero-order chi connectivity index (χ0) is 22.2. The third-order valence-corrected chi connectivity index (χ3v) is 6.18. The van der Waals surface area contributed by atoms with Crippen molar-refractivity contribution in [1.29, 1.82) is 0 Å². The van der Waals surface area contributed by atoms with Crippen molar-refractivity contribution in [3.8, 4) is 0 Å². The lowest BCUT2D eigenvalue weighted by Crippen LogP contribution is -2.48. The molecule has 0 spiro atoms. The lowest BCUT2D eigenvalue weighted by Gasteiger charge is -2.34. The van der Waals surface area contributed by atoms with E-state index in [0.29, 0.717) is 25.3 Å². The average Bonchev–Trinajstić information content (AvgIpc) is 2.98. The molecule has 0 aromatic heterocycles. The minimum absolute atomic E-state index is 0.279. The molecule has 0 aliphatic carbocycles. The summed E-state index contributed by atoms with van der Waals surface area (Å²) in [5.41, 5.74) is 0.0409. The molecule has 4 amide bonds. The maximum absolute atomic E-state index is 13.3. The molecule has 2 atom stereocenters. The number of benzene rings is 2. The van der Waals surface area contributed by atoms with Gasteiger partial charge < -0.3 is 15.0 Å². The first kappa shape index (κ1) is 21.5. The van der Waals surface area contributed by atoms with E-state index in [-0.39, 0.29) is 18.6 Å². The summed E-state index contributed by atoms with van der Waals surface area (Å²) < 4.78 is 20.0. The fourth-order valence-electron chi connectivity index (χ4n) is 3.81.